The number of carboxylic acid groups (broad SMARTS) is 1. The molecule has 2 amide bonds. The number of aliphatic carboxylic acids is 1. The van der Waals surface area contributed by atoms with Crippen molar-refractivity contribution in [1.29, 1.82) is 0 Å². The Hall–Kier alpha value is -3.11. The van der Waals surface area contributed by atoms with Gasteiger partial charge in [-0.3, -0.25) is 0 Å². The number of nitrogens with zero attached hydrogens (tertiary/aromatic N) is 1. The van der Waals surface area contributed by atoms with Crippen LogP contribution in [0.1, 0.15) is 82.2 Å². The van der Waals surface area contributed by atoms with Gasteiger partial charge in [-0.15, -0.1) is 0 Å². The number of ether oxygens (including phenoxy) is 2. The summed E-state index contributed by atoms with van der Waals surface area (Å²) in [6, 6.07) is 9.95. The van der Waals surface area contributed by atoms with Crippen molar-refractivity contribution in [2.24, 2.45) is 0 Å². The molecule has 41 heavy (non-hydrogen) atoms. The maximum atomic E-state index is 13.8. The number of aliphatic hydroxyl groups is 1. The normalized spacial score (nSPS) is 16.7. The van der Waals surface area contributed by atoms with Crippen molar-refractivity contribution in [3.05, 3.63) is 58.1 Å². The van der Waals surface area contributed by atoms with Crippen LogP contribution in [0.15, 0.2) is 36.4 Å². The van der Waals surface area contributed by atoms with Gasteiger partial charge in [0.15, 0.2) is 5.54 Å². The number of carbonyl (C=O) groups is 2. The van der Waals surface area contributed by atoms with E-state index in [4.69, 9.17) is 21.1 Å². The lowest BCUT2D eigenvalue weighted by molar-refractivity contribution is -0.175. The van der Waals surface area contributed by atoms with Crippen LogP contribution in [0.3, 0.4) is 0 Å². The molecule has 8 nitrogen and oxygen atoms in total. The van der Waals surface area contributed by atoms with E-state index in [1.165, 1.54) is 4.90 Å². The number of carbonyl (C=O) groups excluding carboxylic acids is 1. The molecule has 0 bridgehead atoms. The van der Waals surface area contributed by atoms with Gasteiger partial charge in [0.05, 0.1) is 35.9 Å². The van der Waals surface area contributed by atoms with Gasteiger partial charge >= 0.3 is 12.0 Å². The van der Waals surface area contributed by atoms with E-state index in [2.05, 4.69) is 5.32 Å². The second-order valence-electron chi connectivity index (χ2n) is 10.4. The fourth-order valence-electron chi connectivity index (χ4n) is 5.20. The number of benzene rings is 2. The molecule has 11 heteroatoms. The molecule has 3 rings (SSSR count). The van der Waals surface area contributed by atoms with Gasteiger partial charge in [0.1, 0.15) is 11.5 Å². The fraction of sp³-hybridized carbons (Fsp3) is 0.533. The number of hydrogen-bond acceptors (Lipinski definition) is 5. The first-order chi connectivity index (χ1) is 19.4. The number of hydrogen-bond donors (Lipinski definition) is 3. The Bertz CT molecular complexity index is 1200. The summed E-state index contributed by atoms with van der Waals surface area (Å²) in [5.74, 6) is -4.12. The summed E-state index contributed by atoms with van der Waals surface area (Å²) in [4.78, 5) is 27.0. The molecular weight excluding hydrogens is 558 g/mol. The topological polar surface area (TPSA) is 108 Å². The monoisotopic (exact) mass is 596 g/mol. The van der Waals surface area contributed by atoms with Crippen molar-refractivity contribution in [2.45, 2.75) is 83.4 Å². The third-order valence-corrected chi connectivity index (χ3v) is 7.66. The summed E-state index contributed by atoms with van der Waals surface area (Å²) in [7, 11) is 0. The molecule has 1 unspecified atom stereocenters. The van der Waals surface area contributed by atoms with Gasteiger partial charge in [-0.1, -0.05) is 41.9 Å². The van der Waals surface area contributed by atoms with Crippen LogP contribution in [0, 0.1) is 0 Å². The van der Waals surface area contributed by atoms with E-state index >= 15 is 0 Å². The predicted octanol–water partition coefficient (Wildman–Crippen LogP) is 6.54. The number of halogens is 3. The van der Waals surface area contributed by atoms with Crippen molar-refractivity contribution >= 4 is 23.6 Å². The van der Waals surface area contributed by atoms with E-state index in [9.17, 15) is 28.6 Å². The Kier molecular flexibility index (Phi) is 10.8. The number of alkyl halides is 2. The van der Waals surface area contributed by atoms with Gasteiger partial charge in [0, 0.05) is 24.9 Å². The van der Waals surface area contributed by atoms with Gasteiger partial charge in [0.25, 0.3) is 5.92 Å². The molecule has 0 spiro atoms. The number of amides is 2. The quantitative estimate of drug-likeness (QED) is 0.214. The summed E-state index contributed by atoms with van der Waals surface area (Å²) in [6.07, 6.45) is -0.876. The minimum Gasteiger partial charge on any atom is -0.493 e. The molecule has 0 aromatic heterocycles. The average Bonchev–Trinajstić information content (AvgIpc) is 2.89. The van der Waals surface area contributed by atoms with E-state index in [1.54, 1.807) is 33.8 Å². The summed E-state index contributed by atoms with van der Waals surface area (Å²) in [5.41, 5.74) is -0.104. The van der Waals surface area contributed by atoms with Gasteiger partial charge < -0.3 is 29.9 Å². The van der Waals surface area contributed by atoms with Crippen molar-refractivity contribution in [3.8, 4) is 11.5 Å². The lowest BCUT2D eigenvalue weighted by atomic mass is 9.73. The van der Waals surface area contributed by atoms with Crippen LogP contribution in [-0.2, 0) is 11.2 Å². The highest BCUT2D eigenvalue weighted by atomic mass is 35.5. The van der Waals surface area contributed by atoms with Crippen molar-refractivity contribution in [1.82, 2.24) is 10.2 Å². The highest BCUT2D eigenvalue weighted by Gasteiger charge is 2.62. The lowest BCUT2D eigenvalue weighted by Crippen LogP contribution is -2.68. The van der Waals surface area contributed by atoms with Gasteiger partial charge in [-0.05, 0) is 58.6 Å². The molecule has 0 radical (unpaired) electrons. The maximum absolute atomic E-state index is 13.8. The first kappa shape index (κ1) is 32.4. The van der Waals surface area contributed by atoms with Crippen molar-refractivity contribution in [3.63, 3.8) is 0 Å². The highest BCUT2D eigenvalue weighted by molar-refractivity contribution is 6.33. The van der Waals surface area contributed by atoms with Crippen LogP contribution in [0.2, 0.25) is 5.02 Å². The van der Waals surface area contributed by atoms with E-state index in [1.807, 2.05) is 30.3 Å². The molecule has 0 aliphatic heterocycles. The Balaban J connectivity index is 1.96. The SMILES string of the molecule is CCOc1cc([C@@H](C)N(CCCCc2ccccc2)C(=O)NC2(C(=O)O)CC(F)(F)C2)c(Cl)c(OCC)c1C(C)O. The molecule has 1 aliphatic rings. The Morgan fingerprint density at radius 2 is 1.73 bits per heavy atom. The van der Waals surface area contributed by atoms with E-state index < -0.39 is 48.4 Å². The molecular formula is C30H39ClF2N2O6. The van der Waals surface area contributed by atoms with Crippen LogP contribution in [0.5, 0.6) is 11.5 Å². The molecule has 1 aliphatic carbocycles. The molecule has 226 valence electrons. The maximum Gasteiger partial charge on any atom is 0.329 e. The second kappa shape index (κ2) is 13.7. The minimum absolute atomic E-state index is 0.170. The zero-order valence-corrected chi connectivity index (χ0v) is 24.6. The van der Waals surface area contributed by atoms with E-state index in [0.29, 0.717) is 29.9 Å². The van der Waals surface area contributed by atoms with Gasteiger partial charge in [-0.25, -0.2) is 18.4 Å². The standard InChI is InChI=1S/C30H39ClF2N2O6/c1-5-40-23-16-22(25(31)26(41-6-2)24(23)20(4)36)19(3)35(15-11-10-14-21-12-8-7-9-13-21)28(39)34-29(27(37)38)17-30(32,33)18-29/h7-9,12-13,16,19-20,36H,5-6,10-11,14-15,17-18H2,1-4H3,(H,34,39)(H,37,38)/t19-,20?/m1/s1. The summed E-state index contributed by atoms with van der Waals surface area (Å²) >= 11 is 6.81. The molecule has 0 heterocycles. The molecule has 1 fully saturated rings. The van der Waals surface area contributed by atoms with Crippen LogP contribution in [0.4, 0.5) is 13.6 Å². The number of nitrogens with one attached hydrogen (secondary N) is 1. The summed E-state index contributed by atoms with van der Waals surface area (Å²) < 4.78 is 39.2. The molecule has 2 aromatic rings. The first-order valence-electron chi connectivity index (χ1n) is 13.9. The number of rotatable bonds is 14. The van der Waals surface area contributed by atoms with E-state index in [0.717, 1.165) is 18.4 Å². The molecule has 0 saturated heterocycles. The molecule has 3 N–H and O–H groups in total. The summed E-state index contributed by atoms with van der Waals surface area (Å²) in [6.45, 7) is 7.58. The zero-order chi connectivity index (χ0) is 30.4. The highest BCUT2D eigenvalue weighted by Crippen LogP contribution is 2.47. The first-order valence-corrected chi connectivity index (χ1v) is 14.3. The number of unbranched alkanes of at least 4 members (excludes halogenated alkanes) is 1. The summed E-state index contributed by atoms with van der Waals surface area (Å²) in [5, 5.41) is 22.7. The second-order valence-corrected chi connectivity index (χ2v) is 10.8. The molecule has 2 atom stereocenters. The Labute approximate surface area is 244 Å². The number of urea groups is 1. The smallest absolute Gasteiger partial charge is 0.329 e. The number of aryl methyl sites for hydroxylation is 1. The fourth-order valence-corrected chi connectivity index (χ4v) is 5.57. The zero-order valence-electron chi connectivity index (χ0n) is 23.9. The average molecular weight is 597 g/mol. The van der Waals surface area contributed by atoms with E-state index in [-0.39, 0.29) is 23.9 Å². The predicted molar refractivity (Wildman–Crippen MR) is 152 cm³/mol. The lowest BCUT2D eigenvalue weighted by Gasteiger charge is -2.45. The van der Waals surface area contributed by atoms with Gasteiger partial charge in [0.2, 0.25) is 0 Å². The Morgan fingerprint density at radius 1 is 1.10 bits per heavy atom. The van der Waals surface area contributed by atoms with Crippen molar-refractivity contribution in [2.75, 3.05) is 19.8 Å². The number of aliphatic hydroxyl groups excluding tert-OH is 1. The van der Waals surface area contributed by atoms with Crippen LogP contribution in [-0.4, -0.2) is 58.3 Å². The molecule has 1 saturated carbocycles. The van der Waals surface area contributed by atoms with Crippen LogP contribution >= 0.6 is 11.6 Å². The number of carboxylic acids is 1. The molecule has 2 aromatic carbocycles. The third-order valence-electron chi connectivity index (χ3n) is 7.27. The Morgan fingerprint density at radius 3 is 2.27 bits per heavy atom. The minimum atomic E-state index is -3.17. The van der Waals surface area contributed by atoms with Crippen LogP contribution < -0.4 is 14.8 Å². The van der Waals surface area contributed by atoms with Gasteiger partial charge in [-0.2, -0.15) is 0 Å². The third kappa shape index (κ3) is 7.60. The van der Waals surface area contributed by atoms with Crippen molar-refractivity contribution < 1.29 is 38.1 Å². The largest absolute Gasteiger partial charge is 0.493 e. The van der Waals surface area contributed by atoms with Crippen LogP contribution in [0.25, 0.3) is 0 Å².